The fourth-order valence-corrected chi connectivity index (χ4v) is 3.53. The molecule has 4 aromatic rings. The van der Waals surface area contributed by atoms with E-state index in [4.69, 9.17) is 49.0 Å². The second-order valence-corrected chi connectivity index (χ2v) is 9.34. The maximum absolute atomic E-state index is 12.8. The van der Waals surface area contributed by atoms with Crippen LogP contribution in [0.15, 0.2) is 96.1 Å². The third-order valence-corrected chi connectivity index (χ3v) is 5.89. The lowest BCUT2D eigenvalue weighted by Crippen LogP contribution is -2.24. The zero-order valence-corrected chi connectivity index (χ0v) is 22.7. The number of esters is 2. The Morgan fingerprint density at radius 3 is 1.75 bits per heavy atom. The molecule has 0 saturated carbocycles. The highest BCUT2D eigenvalue weighted by Gasteiger charge is 2.15. The average Bonchev–Trinajstić information content (AvgIpc) is 2.94. The van der Waals surface area contributed by atoms with Crippen LogP contribution in [0.3, 0.4) is 0 Å². The molecule has 0 fully saturated rings. The van der Waals surface area contributed by atoms with Crippen molar-refractivity contribution in [3.8, 4) is 17.2 Å². The van der Waals surface area contributed by atoms with Gasteiger partial charge in [-0.25, -0.2) is 15.0 Å². The molecule has 4 rings (SSSR count). The third-order valence-electron chi connectivity index (χ3n) is 5.13. The summed E-state index contributed by atoms with van der Waals surface area (Å²) in [6, 6.07) is 23.1. The van der Waals surface area contributed by atoms with Crippen molar-refractivity contribution in [2.45, 2.75) is 0 Å². The number of carbonyl (C=O) groups excluding carboxylic acids is 3. The Bertz CT molecular complexity index is 1540. The lowest BCUT2D eigenvalue weighted by molar-refractivity contribution is -0.123. The Labute approximate surface area is 244 Å². The average molecular weight is 598 g/mol. The Kier molecular flexibility index (Phi) is 9.75. The molecule has 1 amide bonds. The molecular formula is C29H19Cl3N2O6. The van der Waals surface area contributed by atoms with Crippen molar-refractivity contribution in [1.82, 2.24) is 5.43 Å². The molecule has 0 aliphatic rings. The summed E-state index contributed by atoms with van der Waals surface area (Å²) >= 11 is 17.6. The quantitative estimate of drug-likeness (QED) is 0.101. The van der Waals surface area contributed by atoms with Gasteiger partial charge in [0.2, 0.25) is 0 Å². The van der Waals surface area contributed by atoms with Crippen LogP contribution in [0.5, 0.6) is 17.2 Å². The molecule has 8 nitrogen and oxygen atoms in total. The van der Waals surface area contributed by atoms with E-state index >= 15 is 0 Å². The first-order chi connectivity index (χ1) is 19.3. The second-order valence-electron chi connectivity index (χ2n) is 8.03. The maximum atomic E-state index is 12.8. The minimum atomic E-state index is -0.687. The highest BCUT2D eigenvalue weighted by Crippen LogP contribution is 2.26. The van der Waals surface area contributed by atoms with E-state index in [0.29, 0.717) is 26.4 Å². The number of amides is 1. The summed E-state index contributed by atoms with van der Waals surface area (Å²) in [5.41, 5.74) is 3.16. The summed E-state index contributed by atoms with van der Waals surface area (Å²) in [7, 11) is 0. The minimum Gasteiger partial charge on any atom is -0.484 e. The fraction of sp³-hybridized carbons (Fsp3) is 0.0345. The lowest BCUT2D eigenvalue weighted by Gasteiger charge is -2.11. The first-order valence-electron chi connectivity index (χ1n) is 11.6. The highest BCUT2D eigenvalue weighted by molar-refractivity contribution is 6.31. The number of carbonyl (C=O) groups is 3. The molecule has 0 heterocycles. The molecule has 0 spiro atoms. The van der Waals surface area contributed by atoms with Crippen LogP contribution in [0.2, 0.25) is 15.1 Å². The number of nitrogens with one attached hydrogen (secondary N) is 1. The van der Waals surface area contributed by atoms with E-state index in [-0.39, 0.29) is 29.2 Å². The predicted molar refractivity (Wildman–Crippen MR) is 152 cm³/mol. The summed E-state index contributed by atoms with van der Waals surface area (Å²) < 4.78 is 16.4. The van der Waals surface area contributed by atoms with E-state index in [1.165, 1.54) is 48.7 Å². The fourth-order valence-electron chi connectivity index (χ4n) is 3.16. The summed E-state index contributed by atoms with van der Waals surface area (Å²) in [5, 5.41) is 5.38. The molecule has 0 bridgehead atoms. The summed E-state index contributed by atoms with van der Waals surface area (Å²) in [6.45, 7) is -0.295. The molecule has 40 heavy (non-hydrogen) atoms. The topological polar surface area (TPSA) is 103 Å². The molecule has 0 aliphatic heterocycles. The van der Waals surface area contributed by atoms with Gasteiger partial charge >= 0.3 is 11.9 Å². The van der Waals surface area contributed by atoms with Crippen molar-refractivity contribution >= 4 is 58.9 Å². The molecule has 0 aliphatic carbocycles. The van der Waals surface area contributed by atoms with Gasteiger partial charge in [0.15, 0.2) is 6.61 Å². The van der Waals surface area contributed by atoms with Crippen molar-refractivity contribution in [3.63, 3.8) is 0 Å². The zero-order valence-electron chi connectivity index (χ0n) is 20.5. The van der Waals surface area contributed by atoms with Crippen molar-refractivity contribution in [2.75, 3.05) is 6.61 Å². The Morgan fingerprint density at radius 1 is 0.675 bits per heavy atom. The van der Waals surface area contributed by atoms with E-state index in [2.05, 4.69) is 10.5 Å². The monoisotopic (exact) mass is 596 g/mol. The van der Waals surface area contributed by atoms with Gasteiger partial charge in [0.05, 0.1) is 17.3 Å². The van der Waals surface area contributed by atoms with Gasteiger partial charge < -0.3 is 14.2 Å². The number of nitrogens with zero attached hydrogens (tertiary/aromatic N) is 1. The van der Waals surface area contributed by atoms with Gasteiger partial charge in [0, 0.05) is 26.7 Å². The van der Waals surface area contributed by atoms with Crippen LogP contribution in [0.25, 0.3) is 0 Å². The first kappa shape index (κ1) is 28.6. The standard InChI is InChI=1S/C29H19Cl3N2O6/c30-21-6-1-18(2-7-21)28(36)39-25-12-5-20(26(15-25)40-29(37)19-3-8-22(31)9-4-19)16-33-34-27(35)17-38-24-13-10-23(32)11-14-24/h1-16H,17H2,(H,34,35)/b33-16-. The van der Waals surface area contributed by atoms with Crippen molar-refractivity contribution < 1.29 is 28.6 Å². The summed E-state index contributed by atoms with van der Waals surface area (Å²) in [6.07, 6.45) is 1.27. The van der Waals surface area contributed by atoms with Gasteiger partial charge in [-0.1, -0.05) is 34.8 Å². The van der Waals surface area contributed by atoms with Crippen LogP contribution < -0.4 is 19.6 Å². The molecule has 1 N–H and O–H groups in total. The number of hydrazone groups is 1. The molecule has 0 radical (unpaired) electrons. The van der Waals surface area contributed by atoms with Gasteiger partial charge in [-0.15, -0.1) is 0 Å². The number of ether oxygens (including phenoxy) is 3. The van der Waals surface area contributed by atoms with E-state index in [1.807, 2.05) is 0 Å². The molecule has 4 aromatic carbocycles. The molecule has 0 atom stereocenters. The van der Waals surface area contributed by atoms with Crippen LogP contribution in [0.4, 0.5) is 0 Å². The van der Waals surface area contributed by atoms with Gasteiger partial charge in [-0.2, -0.15) is 5.10 Å². The SMILES string of the molecule is O=C(COc1ccc(Cl)cc1)N/N=C\c1ccc(OC(=O)c2ccc(Cl)cc2)cc1OC(=O)c1ccc(Cl)cc1. The number of hydrogen-bond acceptors (Lipinski definition) is 7. The van der Waals surface area contributed by atoms with Gasteiger partial charge in [-0.05, 0) is 84.9 Å². The van der Waals surface area contributed by atoms with Crippen LogP contribution in [-0.2, 0) is 4.79 Å². The van der Waals surface area contributed by atoms with Crippen LogP contribution >= 0.6 is 34.8 Å². The largest absolute Gasteiger partial charge is 0.484 e. The maximum Gasteiger partial charge on any atom is 0.343 e. The number of halogens is 3. The molecule has 0 unspecified atom stereocenters. The zero-order chi connectivity index (χ0) is 28.5. The predicted octanol–water partition coefficient (Wildman–Crippen LogP) is 6.61. The molecule has 0 saturated heterocycles. The smallest absolute Gasteiger partial charge is 0.343 e. The van der Waals surface area contributed by atoms with Gasteiger partial charge in [-0.3, -0.25) is 4.79 Å². The highest BCUT2D eigenvalue weighted by atomic mass is 35.5. The Balaban J connectivity index is 1.48. The van der Waals surface area contributed by atoms with E-state index in [0.717, 1.165) is 0 Å². The minimum absolute atomic E-state index is 0.0248. The Morgan fingerprint density at radius 2 is 1.18 bits per heavy atom. The van der Waals surface area contributed by atoms with E-state index < -0.39 is 17.8 Å². The molecular weight excluding hydrogens is 579 g/mol. The van der Waals surface area contributed by atoms with E-state index in [9.17, 15) is 14.4 Å². The molecule has 11 heteroatoms. The summed E-state index contributed by atoms with van der Waals surface area (Å²) in [4.78, 5) is 37.5. The lowest BCUT2D eigenvalue weighted by atomic mass is 10.2. The number of hydrogen-bond donors (Lipinski definition) is 1. The number of benzene rings is 4. The Hall–Kier alpha value is -4.37. The van der Waals surface area contributed by atoms with Crippen molar-refractivity contribution in [2.24, 2.45) is 5.10 Å². The normalized spacial score (nSPS) is 10.7. The number of rotatable bonds is 9. The van der Waals surface area contributed by atoms with Gasteiger partial charge in [0.25, 0.3) is 5.91 Å². The van der Waals surface area contributed by atoms with Crippen LogP contribution in [-0.4, -0.2) is 30.7 Å². The first-order valence-corrected chi connectivity index (χ1v) is 12.7. The van der Waals surface area contributed by atoms with Crippen molar-refractivity contribution in [1.29, 1.82) is 0 Å². The third kappa shape index (κ3) is 8.31. The van der Waals surface area contributed by atoms with Crippen molar-refractivity contribution in [3.05, 3.63) is 123 Å². The van der Waals surface area contributed by atoms with Crippen LogP contribution in [0.1, 0.15) is 26.3 Å². The second kappa shape index (κ2) is 13.6. The van der Waals surface area contributed by atoms with Gasteiger partial charge in [0.1, 0.15) is 17.2 Å². The summed E-state index contributed by atoms with van der Waals surface area (Å²) in [5.74, 6) is -1.26. The molecule has 202 valence electrons. The van der Waals surface area contributed by atoms with E-state index in [1.54, 1.807) is 48.5 Å². The molecule has 0 aromatic heterocycles. The van der Waals surface area contributed by atoms with Crippen LogP contribution in [0, 0.1) is 0 Å².